The first kappa shape index (κ1) is 14.8. The van der Waals surface area contributed by atoms with Gasteiger partial charge in [0, 0.05) is 11.6 Å². The van der Waals surface area contributed by atoms with Crippen molar-refractivity contribution in [3.63, 3.8) is 0 Å². The summed E-state index contributed by atoms with van der Waals surface area (Å²) >= 11 is 0. The minimum Gasteiger partial charge on any atom is -0.497 e. The molecule has 0 amide bonds. The molecule has 0 aliphatic rings. The summed E-state index contributed by atoms with van der Waals surface area (Å²) in [5.41, 5.74) is 1.94. The van der Waals surface area contributed by atoms with Crippen LogP contribution < -0.4 is 9.47 Å². The van der Waals surface area contributed by atoms with E-state index in [0.717, 1.165) is 5.56 Å². The summed E-state index contributed by atoms with van der Waals surface area (Å²) < 4.78 is 23.8. The normalized spacial score (nSPS) is 11.3. The molecule has 0 fully saturated rings. The predicted octanol–water partition coefficient (Wildman–Crippen LogP) is 3.61. The van der Waals surface area contributed by atoms with E-state index in [1.165, 1.54) is 12.1 Å². The summed E-state index contributed by atoms with van der Waals surface area (Å²) in [5, 5.41) is 12.1. The van der Waals surface area contributed by atoms with Crippen LogP contribution in [0.5, 0.6) is 11.5 Å². The Kier molecular flexibility index (Phi) is 4.77. The van der Waals surface area contributed by atoms with E-state index >= 15 is 0 Å². The molecule has 4 nitrogen and oxygen atoms in total. The fourth-order valence-corrected chi connectivity index (χ4v) is 1.84. The number of rotatable bonds is 5. The molecule has 1 N–H and O–H groups in total. The molecular weight excluding hydrogens is 273 g/mol. The number of halogens is 1. The van der Waals surface area contributed by atoms with Gasteiger partial charge in [-0.2, -0.15) is 0 Å². The van der Waals surface area contributed by atoms with E-state index in [-0.39, 0.29) is 12.4 Å². The lowest BCUT2D eigenvalue weighted by atomic mass is 10.1. The summed E-state index contributed by atoms with van der Waals surface area (Å²) in [6.07, 6.45) is 0. The molecule has 0 unspecified atom stereocenters. The van der Waals surface area contributed by atoms with Crippen molar-refractivity contribution in [2.45, 2.75) is 13.5 Å². The average Bonchev–Trinajstić information content (AvgIpc) is 2.53. The summed E-state index contributed by atoms with van der Waals surface area (Å²) in [5.74, 6) is 0.886. The van der Waals surface area contributed by atoms with Crippen molar-refractivity contribution in [2.24, 2.45) is 5.16 Å². The Balaban J connectivity index is 2.22. The molecule has 5 heteroatoms. The van der Waals surface area contributed by atoms with Crippen LogP contribution in [-0.4, -0.2) is 18.0 Å². The van der Waals surface area contributed by atoms with Gasteiger partial charge in [-0.1, -0.05) is 17.3 Å². The van der Waals surface area contributed by atoms with Crippen molar-refractivity contribution in [1.29, 1.82) is 0 Å². The molecule has 0 saturated heterocycles. The van der Waals surface area contributed by atoms with E-state index in [1.807, 2.05) is 0 Å². The molecule has 2 aromatic rings. The van der Waals surface area contributed by atoms with Crippen LogP contribution in [0.1, 0.15) is 18.1 Å². The number of ether oxygens (including phenoxy) is 2. The maximum Gasteiger partial charge on any atom is 0.132 e. The largest absolute Gasteiger partial charge is 0.497 e. The summed E-state index contributed by atoms with van der Waals surface area (Å²) in [7, 11) is 1.56. The van der Waals surface area contributed by atoms with Gasteiger partial charge in [-0.05, 0) is 36.8 Å². The number of benzene rings is 2. The van der Waals surface area contributed by atoms with Crippen LogP contribution in [0.15, 0.2) is 47.6 Å². The molecule has 0 aliphatic carbocycles. The average molecular weight is 289 g/mol. The lowest BCUT2D eigenvalue weighted by Gasteiger charge is -2.12. The molecule has 0 heterocycles. The molecule has 0 saturated carbocycles. The quantitative estimate of drug-likeness (QED) is 0.519. The zero-order valence-electron chi connectivity index (χ0n) is 11.8. The third kappa shape index (κ3) is 3.72. The first-order valence-electron chi connectivity index (χ1n) is 6.38. The van der Waals surface area contributed by atoms with Crippen LogP contribution in [0.3, 0.4) is 0 Å². The van der Waals surface area contributed by atoms with Gasteiger partial charge >= 0.3 is 0 Å². The topological polar surface area (TPSA) is 51.0 Å². The van der Waals surface area contributed by atoms with Crippen molar-refractivity contribution in [2.75, 3.05) is 7.11 Å². The maximum atomic E-state index is 12.9. The monoisotopic (exact) mass is 289 g/mol. The number of nitrogens with zero attached hydrogens (tertiary/aromatic N) is 1. The van der Waals surface area contributed by atoms with E-state index in [0.29, 0.717) is 22.8 Å². The number of methoxy groups -OCH3 is 1. The minimum absolute atomic E-state index is 0.277. The molecule has 0 spiro atoms. The summed E-state index contributed by atoms with van der Waals surface area (Å²) in [6, 6.07) is 11.3. The minimum atomic E-state index is -0.288. The molecule has 21 heavy (non-hydrogen) atoms. The van der Waals surface area contributed by atoms with Gasteiger partial charge in [-0.25, -0.2) is 4.39 Å². The number of hydrogen-bond donors (Lipinski definition) is 1. The second-order valence-electron chi connectivity index (χ2n) is 4.46. The van der Waals surface area contributed by atoms with Crippen molar-refractivity contribution < 1.29 is 19.1 Å². The van der Waals surface area contributed by atoms with Gasteiger partial charge in [0.15, 0.2) is 0 Å². The molecule has 0 radical (unpaired) electrons. The highest BCUT2D eigenvalue weighted by atomic mass is 19.1. The fraction of sp³-hybridized carbons (Fsp3) is 0.188. The first-order valence-corrected chi connectivity index (χ1v) is 6.38. The molecule has 110 valence electrons. The lowest BCUT2D eigenvalue weighted by Crippen LogP contribution is -2.03. The van der Waals surface area contributed by atoms with E-state index in [4.69, 9.17) is 14.7 Å². The molecule has 0 aromatic heterocycles. The third-order valence-electron chi connectivity index (χ3n) is 3.04. The van der Waals surface area contributed by atoms with Crippen LogP contribution >= 0.6 is 0 Å². The smallest absolute Gasteiger partial charge is 0.132 e. The van der Waals surface area contributed by atoms with Crippen molar-refractivity contribution in [1.82, 2.24) is 0 Å². The second-order valence-corrected chi connectivity index (χ2v) is 4.46. The van der Waals surface area contributed by atoms with Gasteiger partial charge in [-0.3, -0.25) is 0 Å². The summed E-state index contributed by atoms with van der Waals surface area (Å²) in [6.45, 7) is 1.95. The molecule has 0 bridgehead atoms. The Morgan fingerprint density at radius 1 is 1.19 bits per heavy atom. The number of oxime groups is 1. The Labute approximate surface area is 122 Å². The zero-order valence-corrected chi connectivity index (χ0v) is 11.8. The molecular formula is C16H16FNO3. The lowest BCUT2D eigenvalue weighted by molar-refractivity contribution is 0.301. The van der Waals surface area contributed by atoms with Crippen LogP contribution in [0.2, 0.25) is 0 Å². The van der Waals surface area contributed by atoms with Crippen molar-refractivity contribution >= 4 is 5.71 Å². The van der Waals surface area contributed by atoms with Gasteiger partial charge in [0.1, 0.15) is 23.9 Å². The van der Waals surface area contributed by atoms with E-state index in [2.05, 4.69) is 5.16 Å². The third-order valence-corrected chi connectivity index (χ3v) is 3.04. The molecule has 0 atom stereocenters. The standard InChI is InChI=1S/C16H16FNO3/c1-11(18-19)15-8-7-14(20-2)9-16(15)21-10-12-3-5-13(17)6-4-12/h3-9,19H,10H2,1-2H3/b18-11+. The Morgan fingerprint density at radius 3 is 2.52 bits per heavy atom. The van der Waals surface area contributed by atoms with Gasteiger partial charge in [0.25, 0.3) is 0 Å². The fourth-order valence-electron chi connectivity index (χ4n) is 1.84. The molecule has 2 rings (SSSR count). The summed E-state index contributed by atoms with van der Waals surface area (Å²) in [4.78, 5) is 0. The van der Waals surface area contributed by atoms with E-state index < -0.39 is 0 Å². The maximum absolute atomic E-state index is 12.9. The highest BCUT2D eigenvalue weighted by Crippen LogP contribution is 2.26. The van der Waals surface area contributed by atoms with Gasteiger partial charge < -0.3 is 14.7 Å². The molecule has 0 aliphatic heterocycles. The number of hydrogen-bond acceptors (Lipinski definition) is 4. The highest BCUT2D eigenvalue weighted by Gasteiger charge is 2.09. The Bertz CT molecular complexity index is 638. The van der Waals surface area contributed by atoms with Gasteiger partial charge in [0.2, 0.25) is 0 Å². The van der Waals surface area contributed by atoms with E-state index in [9.17, 15) is 4.39 Å². The predicted molar refractivity (Wildman–Crippen MR) is 77.7 cm³/mol. The van der Waals surface area contributed by atoms with Crippen molar-refractivity contribution in [3.8, 4) is 11.5 Å². The van der Waals surface area contributed by atoms with Gasteiger partial charge in [0.05, 0.1) is 12.8 Å². The SMILES string of the molecule is COc1ccc(/C(C)=N/O)c(OCc2ccc(F)cc2)c1. The second kappa shape index (κ2) is 6.74. The van der Waals surface area contributed by atoms with Gasteiger partial charge in [-0.15, -0.1) is 0 Å². The van der Waals surface area contributed by atoms with E-state index in [1.54, 1.807) is 44.4 Å². The van der Waals surface area contributed by atoms with Crippen LogP contribution in [0.25, 0.3) is 0 Å². The highest BCUT2D eigenvalue weighted by molar-refractivity contribution is 6.00. The Morgan fingerprint density at radius 2 is 1.90 bits per heavy atom. The molecule has 2 aromatic carbocycles. The van der Waals surface area contributed by atoms with Crippen LogP contribution in [0, 0.1) is 5.82 Å². The van der Waals surface area contributed by atoms with Crippen LogP contribution in [-0.2, 0) is 6.61 Å². The van der Waals surface area contributed by atoms with Crippen molar-refractivity contribution in [3.05, 3.63) is 59.4 Å². The Hall–Kier alpha value is -2.56. The van der Waals surface area contributed by atoms with Crippen LogP contribution in [0.4, 0.5) is 4.39 Å². The first-order chi connectivity index (χ1) is 10.1. The zero-order chi connectivity index (χ0) is 15.2.